The first-order valence-corrected chi connectivity index (χ1v) is 19.5. The molecule has 0 aliphatic carbocycles. The minimum absolute atomic E-state index is 0. The molecule has 0 heterocycles. The van der Waals surface area contributed by atoms with Crippen molar-refractivity contribution in [2.45, 2.75) is 72.5 Å². The van der Waals surface area contributed by atoms with Crippen molar-refractivity contribution >= 4 is 82.6 Å². The zero-order valence-electron chi connectivity index (χ0n) is 32.6. The van der Waals surface area contributed by atoms with Gasteiger partial charge in [0.05, 0.1) is 10.0 Å². The predicted octanol–water partition coefficient (Wildman–Crippen LogP) is 1.63. The summed E-state index contributed by atoms with van der Waals surface area (Å²) in [6, 6.07) is 5.59. The molecule has 0 bridgehead atoms. The van der Waals surface area contributed by atoms with Crippen LogP contribution >= 0.6 is 38.5 Å². The molecular weight excluding hydrogens is 1250 g/mol. The molecule has 0 unspecified atom stereocenters. The number of benzene rings is 2. The maximum atomic E-state index is 14.4. The molecule has 0 saturated carbocycles. The summed E-state index contributed by atoms with van der Waals surface area (Å²) in [5.74, 6) is -10.9. The Morgan fingerprint density at radius 3 is 1.12 bits per heavy atom. The van der Waals surface area contributed by atoms with E-state index in [0.29, 0.717) is 35.0 Å². The first-order valence-electron chi connectivity index (χ1n) is 14.8. The molecule has 366 valence electrons. The van der Waals surface area contributed by atoms with Crippen LogP contribution in [-0.4, -0.2) is 88.7 Å². The molecule has 0 atom stereocenters. The summed E-state index contributed by atoms with van der Waals surface area (Å²) in [7, 11) is -14.5. The molecule has 66 heavy (non-hydrogen) atoms. The Labute approximate surface area is 465 Å². The average Bonchev–Trinajstić information content (AvgIpc) is 3.03. The molecule has 0 radical (unpaired) electrons. The largest absolute Gasteiger partial charge is 1.00 e. The van der Waals surface area contributed by atoms with Crippen LogP contribution in [0, 0.1) is 0 Å². The van der Waals surface area contributed by atoms with E-state index in [1.54, 1.807) is 18.2 Å². The van der Waals surface area contributed by atoms with E-state index < -0.39 is 129 Å². The summed E-state index contributed by atoms with van der Waals surface area (Å²) in [6.45, 7) is 3.99. The number of carbonyl (C=O) groups excluding carboxylic acids is 4. The van der Waals surface area contributed by atoms with E-state index in [9.17, 15) is 115 Å². The zero-order valence-corrected chi connectivity index (χ0v) is 44.2. The minimum atomic E-state index is -7.35. The van der Waals surface area contributed by atoms with Gasteiger partial charge in [-0.15, -0.1) is 0 Å². The van der Waals surface area contributed by atoms with Gasteiger partial charge in [-0.25, -0.2) is 26.3 Å². The van der Waals surface area contributed by atoms with Gasteiger partial charge in [-0.3, -0.25) is 19.2 Å². The molecule has 0 spiro atoms. The Morgan fingerprint density at radius 1 is 0.515 bits per heavy atom. The quantitative estimate of drug-likeness (QED) is 0.0469. The smallest absolute Gasteiger partial charge is 0.743 e. The summed E-state index contributed by atoms with van der Waals surface area (Å²) in [4.78, 5) is 43.2. The average molecular weight is 1260 g/mol. The van der Waals surface area contributed by atoms with E-state index in [2.05, 4.69) is 30.1 Å². The monoisotopic (exact) mass is 1260 g/mol. The van der Waals surface area contributed by atoms with E-state index in [1.807, 2.05) is 4.74 Å². The van der Waals surface area contributed by atoms with Crippen molar-refractivity contribution in [2.24, 2.45) is 0 Å². The van der Waals surface area contributed by atoms with Gasteiger partial charge in [0.1, 0.15) is 23.0 Å². The number of hydrogen-bond acceptors (Lipinski definition) is 16. The van der Waals surface area contributed by atoms with Crippen molar-refractivity contribution in [3.63, 3.8) is 0 Å². The van der Waals surface area contributed by atoms with Crippen molar-refractivity contribution in [2.75, 3.05) is 0 Å². The van der Waals surface area contributed by atoms with Gasteiger partial charge in [-0.1, -0.05) is 0 Å². The van der Waals surface area contributed by atoms with E-state index >= 15 is 0 Å². The summed E-state index contributed by atoms with van der Waals surface area (Å²) in [6.07, 6.45) is -26.3. The number of alkyl halides is 17. The second-order valence-electron chi connectivity index (χ2n) is 10.9. The van der Waals surface area contributed by atoms with E-state index in [0.717, 1.165) is 6.92 Å². The molecule has 0 aliphatic rings. The van der Waals surface area contributed by atoms with Gasteiger partial charge < -0.3 is 28.1 Å². The van der Waals surface area contributed by atoms with Gasteiger partial charge in [-0.2, -0.15) is 70.2 Å². The Kier molecular flexibility index (Phi) is 26.6. The Morgan fingerprint density at radius 2 is 0.818 bits per heavy atom. The molecule has 2 aromatic carbocycles. The van der Waals surface area contributed by atoms with Crippen LogP contribution in [0.3, 0.4) is 0 Å². The topological polar surface area (TPSA) is 238 Å². The van der Waals surface area contributed by atoms with E-state index in [-0.39, 0.29) is 109 Å². The van der Waals surface area contributed by atoms with Gasteiger partial charge in [0.15, 0.2) is 20.2 Å². The molecule has 0 N–H and O–H groups in total. The maximum absolute atomic E-state index is 14.4. The second kappa shape index (κ2) is 25.2. The summed E-state index contributed by atoms with van der Waals surface area (Å²) >= 11 is 2.79. The third-order valence-electron chi connectivity index (χ3n) is 5.74. The van der Waals surface area contributed by atoms with Gasteiger partial charge in [0.25, 0.3) is 0 Å². The minimum Gasteiger partial charge on any atom is -0.743 e. The molecule has 16 nitrogen and oxygen atoms in total. The van der Waals surface area contributed by atoms with Gasteiger partial charge in [0.2, 0.25) is 0 Å². The number of ether oxygens (including phenoxy) is 6. The van der Waals surface area contributed by atoms with Gasteiger partial charge in [-0.05, 0) is 52.3 Å². The van der Waals surface area contributed by atoms with Crippen LogP contribution in [0.4, 0.5) is 70.2 Å². The molecule has 0 fully saturated rings. The molecular formula is C28H18BrF16IK2O16S2. The third kappa shape index (κ3) is 19.2. The van der Waals surface area contributed by atoms with Crippen LogP contribution in [-0.2, 0) is 54.8 Å². The SMILES string of the molecule is CC(=O)Oc1ccc(OC(C)=O)c(Br)c1.CC(=O)Oc1ccc(OC(C)=O)c(C(F)(F)C(F)(F)OC(F)(F)C(F)(F)S(=O)(=O)[O-])c1.O=S(=O)([O-])C(F)(F)C(F)(F)OC(F)(F)C(F)(F)I.[K+].[K+]. The predicted molar refractivity (Wildman–Crippen MR) is 180 cm³/mol. The fourth-order valence-corrected chi connectivity index (χ4v) is 4.40. The number of esters is 4. The van der Waals surface area contributed by atoms with Crippen LogP contribution in [0.5, 0.6) is 23.0 Å². The molecule has 0 amide bonds. The molecule has 0 saturated heterocycles. The first-order chi connectivity index (χ1) is 28.1. The van der Waals surface area contributed by atoms with Crippen LogP contribution in [0.25, 0.3) is 0 Å². The van der Waals surface area contributed by atoms with Gasteiger partial charge >= 0.3 is 171 Å². The van der Waals surface area contributed by atoms with Crippen molar-refractivity contribution in [1.82, 2.24) is 0 Å². The molecule has 38 heteroatoms. The van der Waals surface area contributed by atoms with Crippen LogP contribution in [0.15, 0.2) is 40.9 Å². The van der Waals surface area contributed by atoms with Crippen LogP contribution < -0.4 is 122 Å². The Hall–Kier alpha value is -0.577. The molecule has 2 rings (SSSR count). The molecule has 0 aliphatic heterocycles. The van der Waals surface area contributed by atoms with Crippen LogP contribution in [0.2, 0.25) is 0 Å². The summed E-state index contributed by atoms with van der Waals surface area (Å²) in [5, 5.41) is -13.5. The Bertz CT molecular complexity index is 2290. The number of rotatable bonds is 15. The van der Waals surface area contributed by atoms with Crippen molar-refractivity contribution in [1.29, 1.82) is 0 Å². The van der Waals surface area contributed by atoms with Crippen LogP contribution in [0.1, 0.15) is 33.3 Å². The van der Waals surface area contributed by atoms with Crippen molar-refractivity contribution in [3.05, 3.63) is 46.4 Å². The maximum Gasteiger partial charge on any atom is 1.00 e. The normalized spacial score (nSPS) is 12.9. The third-order valence-corrected chi connectivity index (χ3v) is 8.72. The first kappa shape index (κ1) is 69.7. The number of hydrogen-bond donors (Lipinski definition) is 0. The van der Waals surface area contributed by atoms with Gasteiger partial charge in [0, 0.05) is 50.3 Å². The van der Waals surface area contributed by atoms with E-state index in [1.165, 1.54) is 13.8 Å². The summed E-state index contributed by atoms with van der Waals surface area (Å²) in [5.41, 5.74) is -2.16. The fraction of sp³-hybridized carbons (Fsp3) is 0.429. The Balaban J connectivity index is -0.000000966. The number of carbonyl (C=O) groups is 4. The molecule has 0 aromatic heterocycles. The van der Waals surface area contributed by atoms with E-state index in [4.69, 9.17) is 9.47 Å². The summed E-state index contributed by atoms with van der Waals surface area (Å²) < 4.78 is 284. The zero-order chi connectivity index (χ0) is 51.3. The standard InChI is InChI=1S/C14H10F8O8S.C10H9BrO4.C4HF8IO4S.2K/c1-6(23)28-8-3-4-10(29-7(2)24)9(5-8)11(15,16)12(17,18)30-13(19,20)14(21,22)31(25,26)27;1-6(12)14-8-3-4-10(9(11)5-8)15-7(2)13;5-1(6,13)2(7,8)17-3(9,10)4(11,12)18(14,15)16;;/h3-5H,1-2H3,(H,25,26,27);3-5H,1-2H3;(H,14,15,16);;/q;;;2*+1/p-2. The van der Waals surface area contributed by atoms with Crippen molar-refractivity contribution < 1.29 is 247 Å². The molecule has 2 aromatic rings. The number of halogens is 18. The van der Waals surface area contributed by atoms with Crippen molar-refractivity contribution in [3.8, 4) is 23.0 Å². The fourth-order valence-electron chi connectivity index (χ4n) is 3.19. The second-order valence-corrected chi connectivity index (χ2v) is 16.0.